The Morgan fingerprint density at radius 1 is 1.03 bits per heavy atom. The first kappa shape index (κ1) is 24.1. The normalized spacial score (nSPS) is 15.9. The van der Waals surface area contributed by atoms with Crippen LogP contribution in [-0.2, 0) is 21.4 Å². The van der Waals surface area contributed by atoms with Crippen LogP contribution in [0.2, 0.25) is 0 Å². The van der Waals surface area contributed by atoms with E-state index in [-0.39, 0.29) is 23.4 Å². The predicted octanol–water partition coefficient (Wildman–Crippen LogP) is 3.73. The zero-order valence-corrected chi connectivity index (χ0v) is 19.7. The van der Waals surface area contributed by atoms with Crippen LogP contribution in [-0.4, -0.2) is 44.9 Å². The molecule has 7 nitrogen and oxygen atoms in total. The largest absolute Gasteiger partial charge is 0.497 e. The van der Waals surface area contributed by atoms with Gasteiger partial charge in [-0.3, -0.25) is 4.79 Å². The molecule has 174 valence electrons. The Hall–Kier alpha value is -2.58. The van der Waals surface area contributed by atoms with Crippen molar-refractivity contribution in [3.8, 4) is 11.5 Å². The van der Waals surface area contributed by atoms with E-state index in [0.717, 1.165) is 37.0 Å². The number of sulfonamides is 1. The topological polar surface area (TPSA) is 84.9 Å². The summed E-state index contributed by atoms with van der Waals surface area (Å²) in [7, 11) is -0.537. The van der Waals surface area contributed by atoms with Gasteiger partial charge in [-0.2, -0.15) is 4.31 Å². The van der Waals surface area contributed by atoms with E-state index in [2.05, 4.69) is 5.32 Å². The van der Waals surface area contributed by atoms with Crippen molar-refractivity contribution in [3.63, 3.8) is 0 Å². The van der Waals surface area contributed by atoms with Gasteiger partial charge in [-0.25, -0.2) is 8.42 Å². The Balaban J connectivity index is 1.58. The number of methoxy groups -OCH3 is 1. The highest BCUT2D eigenvalue weighted by Crippen LogP contribution is 2.22. The average Bonchev–Trinajstić information content (AvgIpc) is 2.80. The number of carbonyl (C=O) groups is 1. The summed E-state index contributed by atoms with van der Waals surface area (Å²) in [5.74, 6) is 1.03. The van der Waals surface area contributed by atoms with Crippen molar-refractivity contribution in [3.05, 3.63) is 54.1 Å². The van der Waals surface area contributed by atoms with Crippen molar-refractivity contribution >= 4 is 15.9 Å². The van der Waals surface area contributed by atoms with Gasteiger partial charge in [0.1, 0.15) is 11.5 Å². The van der Waals surface area contributed by atoms with E-state index < -0.39 is 16.1 Å². The number of hydrogen-bond donors (Lipinski definition) is 1. The molecule has 8 heteroatoms. The zero-order valence-electron chi connectivity index (χ0n) is 18.9. The van der Waals surface area contributed by atoms with Crippen LogP contribution < -0.4 is 14.8 Å². The van der Waals surface area contributed by atoms with Crippen LogP contribution >= 0.6 is 0 Å². The molecular weight excluding hydrogens is 428 g/mol. The summed E-state index contributed by atoms with van der Waals surface area (Å²) in [6, 6.07) is 13.7. The molecule has 0 spiro atoms. The summed E-state index contributed by atoms with van der Waals surface area (Å²) in [5, 5.41) is 3.05. The number of hydrogen-bond acceptors (Lipinski definition) is 5. The van der Waals surface area contributed by atoms with Crippen molar-refractivity contribution < 1.29 is 22.7 Å². The quantitative estimate of drug-likeness (QED) is 0.616. The third-order valence-corrected chi connectivity index (χ3v) is 7.55. The van der Waals surface area contributed by atoms with Gasteiger partial charge in [0.15, 0.2) is 6.10 Å². The number of carbonyl (C=O) groups excluding carboxylic acids is 1. The number of rotatable bonds is 9. The van der Waals surface area contributed by atoms with Crippen LogP contribution in [0.15, 0.2) is 53.4 Å². The monoisotopic (exact) mass is 460 g/mol. The van der Waals surface area contributed by atoms with Crippen molar-refractivity contribution in [2.24, 2.45) is 0 Å². The van der Waals surface area contributed by atoms with Gasteiger partial charge in [-0.15, -0.1) is 0 Å². The molecule has 3 rings (SSSR count). The molecule has 1 fully saturated rings. The molecule has 0 aliphatic heterocycles. The second-order valence-corrected chi connectivity index (χ2v) is 10.2. The molecule has 2 aromatic rings. The summed E-state index contributed by atoms with van der Waals surface area (Å²) in [6.07, 6.45) is 4.87. The Bertz CT molecular complexity index is 984. The lowest BCUT2D eigenvalue weighted by atomic mass is 9.95. The molecule has 0 bridgehead atoms. The highest BCUT2D eigenvalue weighted by Gasteiger charge is 2.23. The lowest BCUT2D eigenvalue weighted by molar-refractivity contribution is -0.128. The van der Waals surface area contributed by atoms with Crippen LogP contribution in [0.5, 0.6) is 11.5 Å². The summed E-state index contributed by atoms with van der Waals surface area (Å²) in [6.45, 7) is 1.94. The van der Waals surface area contributed by atoms with Crippen LogP contribution in [0.4, 0.5) is 0 Å². The average molecular weight is 461 g/mol. The van der Waals surface area contributed by atoms with Crippen molar-refractivity contribution in [1.82, 2.24) is 9.62 Å². The van der Waals surface area contributed by atoms with E-state index >= 15 is 0 Å². The smallest absolute Gasteiger partial charge is 0.260 e. The molecule has 2 aromatic carbocycles. The minimum absolute atomic E-state index is 0.146. The molecule has 1 atom stereocenters. The zero-order chi connectivity index (χ0) is 23.1. The third kappa shape index (κ3) is 6.23. The van der Waals surface area contributed by atoms with Gasteiger partial charge in [-0.05, 0) is 61.7 Å². The maximum Gasteiger partial charge on any atom is 0.260 e. The molecule has 0 saturated heterocycles. The van der Waals surface area contributed by atoms with E-state index in [4.69, 9.17) is 9.47 Å². The number of amides is 1. The Labute approximate surface area is 190 Å². The fourth-order valence-electron chi connectivity index (χ4n) is 3.77. The molecule has 0 radical (unpaired) electrons. The van der Waals surface area contributed by atoms with Crippen LogP contribution in [0.25, 0.3) is 0 Å². The molecule has 0 unspecified atom stereocenters. The minimum atomic E-state index is -3.67. The van der Waals surface area contributed by atoms with E-state index in [1.165, 1.54) is 22.9 Å². The lowest BCUT2D eigenvalue weighted by Crippen LogP contribution is -2.43. The van der Waals surface area contributed by atoms with Crippen molar-refractivity contribution in [2.45, 2.75) is 62.6 Å². The first-order valence-corrected chi connectivity index (χ1v) is 12.4. The van der Waals surface area contributed by atoms with Crippen LogP contribution in [0.1, 0.15) is 44.6 Å². The maximum absolute atomic E-state index is 12.9. The van der Waals surface area contributed by atoms with Crippen molar-refractivity contribution in [2.75, 3.05) is 14.2 Å². The van der Waals surface area contributed by atoms with Gasteiger partial charge in [0, 0.05) is 19.6 Å². The minimum Gasteiger partial charge on any atom is -0.497 e. The standard InChI is InChI=1S/C24H32N2O5S/c1-18(24(27)25-20-7-5-4-6-8-20)31-22-13-15-23(16-14-22)32(28,29)26(2)17-19-9-11-21(30-3)12-10-19/h9-16,18,20H,4-8,17H2,1-3H3,(H,25,27)/t18-/m1/s1. The molecule has 1 amide bonds. The summed E-state index contributed by atoms with van der Waals surface area (Å²) >= 11 is 0. The fourth-order valence-corrected chi connectivity index (χ4v) is 4.93. The third-order valence-electron chi connectivity index (χ3n) is 5.73. The Morgan fingerprint density at radius 3 is 2.22 bits per heavy atom. The first-order valence-electron chi connectivity index (χ1n) is 11.0. The van der Waals surface area contributed by atoms with Gasteiger partial charge in [0.25, 0.3) is 5.91 Å². The molecule has 1 N–H and O–H groups in total. The van der Waals surface area contributed by atoms with Crippen molar-refractivity contribution in [1.29, 1.82) is 0 Å². The van der Waals surface area contributed by atoms with E-state index in [1.54, 1.807) is 45.3 Å². The number of nitrogens with one attached hydrogen (secondary N) is 1. The van der Waals surface area contributed by atoms with E-state index in [9.17, 15) is 13.2 Å². The molecule has 1 aliphatic rings. The Morgan fingerprint density at radius 2 is 1.62 bits per heavy atom. The number of ether oxygens (including phenoxy) is 2. The summed E-state index contributed by atoms with van der Waals surface area (Å²) in [5.41, 5.74) is 0.856. The van der Waals surface area contributed by atoms with Crippen LogP contribution in [0, 0.1) is 0 Å². The summed E-state index contributed by atoms with van der Waals surface area (Å²) < 4.78 is 38.0. The fraction of sp³-hybridized carbons (Fsp3) is 0.458. The van der Waals surface area contributed by atoms with Gasteiger partial charge in [0.05, 0.1) is 12.0 Å². The number of benzene rings is 2. The van der Waals surface area contributed by atoms with Gasteiger partial charge < -0.3 is 14.8 Å². The predicted molar refractivity (Wildman–Crippen MR) is 123 cm³/mol. The molecule has 1 aliphatic carbocycles. The van der Waals surface area contributed by atoms with Gasteiger partial charge in [-0.1, -0.05) is 31.4 Å². The van der Waals surface area contributed by atoms with E-state index in [0.29, 0.717) is 5.75 Å². The maximum atomic E-state index is 12.9. The number of nitrogens with zero attached hydrogens (tertiary/aromatic N) is 1. The van der Waals surface area contributed by atoms with Crippen LogP contribution in [0.3, 0.4) is 0 Å². The highest BCUT2D eigenvalue weighted by atomic mass is 32.2. The molecule has 32 heavy (non-hydrogen) atoms. The molecule has 0 heterocycles. The van der Waals surface area contributed by atoms with Gasteiger partial charge in [0.2, 0.25) is 10.0 Å². The molecule has 1 saturated carbocycles. The Kier molecular flexibility index (Phi) is 8.15. The SMILES string of the molecule is COc1ccc(CN(C)S(=O)(=O)c2ccc(O[C@H](C)C(=O)NC3CCCCC3)cc2)cc1. The second kappa shape index (κ2) is 10.8. The van der Waals surface area contributed by atoms with E-state index in [1.807, 2.05) is 12.1 Å². The lowest BCUT2D eigenvalue weighted by Gasteiger charge is -2.24. The first-order chi connectivity index (χ1) is 15.3. The van der Waals surface area contributed by atoms with Gasteiger partial charge >= 0.3 is 0 Å². The summed E-state index contributed by atoms with van der Waals surface area (Å²) in [4.78, 5) is 12.6. The second-order valence-electron chi connectivity index (χ2n) is 8.18. The molecule has 0 aromatic heterocycles. The highest BCUT2D eigenvalue weighted by molar-refractivity contribution is 7.89. The molecular formula is C24H32N2O5S.